The van der Waals surface area contributed by atoms with E-state index in [0.29, 0.717) is 12.8 Å². The highest BCUT2D eigenvalue weighted by Crippen LogP contribution is 2.62. The number of carbonyl (C=O) groups is 2. The second-order valence-electron chi connectivity index (χ2n) is 19.0. The van der Waals surface area contributed by atoms with Crippen molar-refractivity contribution in [2.24, 2.45) is 46.3 Å². The molecule has 8 aliphatic rings. The quantitative estimate of drug-likeness (QED) is 0.0542. The van der Waals surface area contributed by atoms with Gasteiger partial charge in [-0.25, -0.2) is 8.42 Å². The summed E-state index contributed by atoms with van der Waals surface area (Å²) in [6, 6.07) is 22.8. The molecule has 0 spiro atoms. The molecule has 61 heavy (non-hydrogen) atoms. The Morgan fingerprint density at radius 3 is 1.30 bits per heavy atom. The van der Waals surface area contributed by atoms with E-state index in [2.05, 4.69) is 50.2 Å². The fourth-order valence-corrected chi connectivity index (χ4v) is 15.3. The zero-order chi connectivity index (χ0) is 43.2. The topological polar surface area (TPSA) is 128 Å². The highest BCUT2D eigenvalue weighted by molar-refractivity contribution is 7.97. The Kier molecular flexibility index (Phi) is 12.5. The van der Waals surface area contributed by atoms with E-state index in [1.54, 1.807) is 0 Å². The summed E-state index contributed by atoms with van der Waals surface area (Å²) in [5, 5.41) is 0. The van der Waals surface area contributed by atoms with Gasteiger partial charge in [0.05, 0.1) is 12.8 Å². The van der Waals surface area contributed by atoms with Crippen LogP contribution in [0.3, 0.4) is 0 Å². The highest BCUT2D eigenvalue weighted by Gasteiger charge is 2.53. The molecule has 0 amide bonds. The second-order valence-corrected chi connectivity index (χ2v) is 22.4. The first-order valence-corrected chi connectivity index (χ1v) is 24.2. The first-order valence-electron chi connectivity index (χ1n) is 21.5. The molecule has 3 aromatic rings. The number of hydrogen-bond acceptors (Lipinski definition) is 9. The van der Waals surface area contributed by atoms with Crippen LogP contribution in [0.4, 0.5) is 13.2 Å². The van der Waals surface area contributed by atoms with E-state index in [-0.39, 0.29) is 36.4 Å². The van der Waals surface area contributed by atoms with Gasteiger partial charge in [0.15, 0.2) is 24.8 Å². The maximum absolute atomic E-state index is 13.1. The molecule has 9 nitrogen and oxygen atoms in total. The minimum absolute atomic E-state index is 0.0848. The number of hydrogen-bond donors (Lipinski definition) is 0. The smallest absolute Gasteiger partial charge is 0.485 e. The molecule has 0 unspecified atom stereocenters. The number of carbonyl (C=O) groups excluding carboxylic acids is 2. The van der Waals surface area contributed by atoms with E-state index < -0.39 is 26.5 Å². The molecule has 3 aromatic carbocycles. The molecular formula is C47H55F3O9S2. The predicted octanol–water partition coefficient (Wildman–Crippen LogP) is 10.4. The molecule has 0 heterocycles. The largest absolute Gasteiger partial charge is 0.741 e. The van der Waals surface area contributed by atoms with Gasteiger partial charge in [-0.2, -0.15) is 13.2 Å². The molecule has 0 N–H and O–H groups in total. The summed E-state index contributed by atoms with van der Waals surface area (Å²) in [5.74, 6) is 6.03. The van der Waals surface area contributed by atoms with Crippen LogP contribution in [0, 0.1) is 60.2 Å². The molecule has 8 aliphatic carbocycles. The Bertz CT molecular complexity index is 2010. The van der Waals surface area contributed by atoms with Crippen molar-refractivity contribution in [2.75, 3.05) is 13.6 Å². The van der Waals surface area contributed by atoms with Crippen molar-refractivity contribution in [1.82, 2.24) is 0 Å². The van der Waals surface area contributed by atoms with Gasteiger partial charge in [-0.1, -0.05) is 30.3 Å². The van der Waals surface area contributed by atoms with Gasteiger partial charge in [0, 0.05) is 11.1 Å². The SMILES string of the molecule is Cc1c(OCOC(=O)CC23CC4CC(CC(C4)C2)C3)cccc1[S+](c1ccccc1)c1cccc(OCOC(=O)CC23CC4CC(CC(C4)C2)C3)c1C.O=S(=O)([O-])C(F)(F)F. The van der Waals surface area contributed by atoms with Crippen molar-refractivity contribution in [3.63, 3.8) is 0 Å². The van der Waals surface area contributed by atoms with Crippen molar-refractivity contribution in [2.45, 2.75) is 124 Å². The molecule has 0 radical (unpaired) electrons. The van der Waals surface area contributed by atoms with Gasteiger partial charge in [-0.05, 0) is 174 Å². The molecule has 14 heteroatoms. The van der Waals surface area contributed by atoms with Crippen LogP contribution in [0.15, 0.2) is 81.4 Å². The number of benzene rings is 3. The minimum atomic E-state index is -6.09. The van der Waals surface area contributed by atoms with E-state index >= 15 is 0 Å². The van der Waals surface area contributed by atoms with Crippen molar-refractivity contribution in [3.8, 4) is 11.5 Å². The summed E-state index contributed by atoms with van der Waals surface area (Å²) in [6.07, 6.45) is 16.4. The molecule has 0 saturated heterocycles. The standard InChI is InChI=1S/C46H55O6S.CHF3O3S/c1-30-39(49-28-51-43(47)26-45-20-32-14-33(21-45)16-34(15-32)22-45)10-6-12-41(30)53(38-8-4-3-5-9-38)42-13-7-11-40(31(42)2)50-29-52-44(48)27-46-23-35-17-36(24-46)19-37(18-35)25-46;2-1(3,4)8(5,6)7/h3-13,32-37H,14-29H2,1-2H3;(H,5,6,7)/q+1;/p-1. The average molecular weight is 885 g/mol. The van der Waals surface area contributed by atoms with Gasteiger partial charge in [-0.15, -0.1) is 0 Å². The zero-order valence-corrected chi connectivity index (χ0v) is 36.4. The van der Waals surface area contributed by atoms with Crippen LogP contribution in [0.25, 0.3) is 0 Å². The highest BCUT2D eigenvalue weighted by atomic mass is 32.2. The monoisotopic (exact) mass is 884 g/mol. The minimum Gasteiger partial charge on any atom is -0.741 e. The Balaban J connectivity index is 0.000000586. The molecule has 330 valence electrons. The Labute approximate surface area is 359 Å². The van der Waals surface area contributed by atoms with Gasteiger partial charge < -0.3 is 23.5 Å². The lowest BCUT2D eigenvalue weighted by molar-refractivity contribution is -0.159. The summed E-state index contributed by atoms with van der Waals surface area (Å²) in [5.41, 5.74) is -3.32. The lowest BCUT2D eigenvalue weighted by Crippen LogP contribution is -2.47. The maximum Gasteiger partial charge on any atom is 0.485 e. The van der Waals surface area contributed by atoms with Gasteiger partial charge in [-0.3, -0.25) is 9.59 Å². The molecular weight excluding hydrogens is 830 g/mol. The van der Waals surface area contributed by atoms with Crippen molar-refractivity contribution >= 4 is 33.0 Å². The third-order valence-corrected chi connectivity index (χ3v) is 17.5. The lowest BCUT2D eigenvalue weighted by atomic mass is 9.49. The molecule has 8 fully saturated rings. The van der Waals surface area contributed by atoms with Crippen LogP contribution in [0.2, 0.25) is 0 Å². The summed E-state index contributed by atoms with van der Waals surface area (Å²) >= 11 is 0. The molecule has 0 aliphatic heterocycles. The summed E-state index contributed by atoms with van der Waals surface area (Å²) in [6.45, 7) is 4.00. The van der Waals surface area contributed by atoms with Gasteiger partial charge in [0.2, 0.25) is 13.6 Å². The predicted molar refractivity (Wildman–Crippen MR) is 220 cm³/mol. The summed E-state index contributed by atoms with van der Waals surface area (Å²) in [7, 11) is -6.57. The first kappa shape index (κ1) is 43.9. The van der Waals surface area contributed by atoms with Gasteiger partial charge >= 0.3 is 17.4 Å². The van der Waals surface area contributed by atoms with Crippen LogP contribution in [-0.4, -0.2) is 44.0 Å². The Morgan fingerprint density at radius 2 is 0.967 bits per heavy atom. The van der Waals surface area contributed by atoms with E-state index in [1.807, 2.05) is 30.3 Å². The third kappa shape index (κ3) is 9.91. The number of ether oxygens (including phenoxy) is 4. The lowest BCUT2D eigenvalue weighted by Gasteiger charge is -2.56. The van der Waals surface area contributed by atoms with E-state index in [4.69, 9.17) is 31.9 Å². The zero-order valence-electron chi connectivity index (χ0n) is 34.8. The molecule has 0 aromatic heterocycles. The van der Waals surface area contributed by atoms with Gasteiger partial charge in [0.25, 0.3) is 0 Å². The third-order valence-electron chi connectivity index (χ3n) is 14.4. The van der Waals surface area contributed by atoms with Crippen LogP contribution < -0.4 is 9.47 Å². The van der Waals surface area contributed by atoms with Crippen LogP contribution in [0.5, 0.6) is 11.5 Å². The average Bonchev–Trinajstić information content (AvgIpc) is 3.16. The summed E-state index contributed by atoms with van der Waals surface area (Å²) < 4.78 is 82.8. The summed E-state index contributed by atoms with van der Waals surface area (Å²) in [4.78, 5) is 29.7. The molecule has 11 rings (SSSR count). The molecule has 8 bridgehead atoms. The first-order chi connectivity index (χ1) is 29.0. The number of esters is 2. The van der Waals surface area contributed by atoms with Crippen molar-refractivity contribution in [1.29, 1.82) is 0 Å². The fourth-order valence-electron chi connectivity index (χ4n) is 12.9. The maximum atomic E-state index is 13.1. The second kappa shape index (κ2) is 17.4. The van der Waals surface area contributed by atoms with Crippen molar-refractivity contribution < 1.29 is 54.7 Å². The molecule has 8 saturated carbocycles. The fraction of sp³-hybridized carbons (Fsp3) is 0.574. The number of halogens is 3. The van der Waals surface area contributed by atoms with Gasteiger partial charge in [0.1, 0.15) is 22.4 Å². The number of alkyl halides is 3. The normalized spacial score (nSPS) is 29.9. The number of rotatable bonds is 13. The van der Waals surface area contributed by atoms with E-state index in [0.717, 1.165) is 67.9 Å². The van der Waals surface area contributed by atoms with E-state index in [1.165, 1.54) is 81.9 Å². The van der Waals surface area contributed by atoms with Crippen LogP contribution >= 0.6 is 0 Å². The Hall–Kier alpha value is -3.75. The molecule has 0 atom stereocenters. The van der Waals surface area contributed by atoms with Crippen molar-refractivity contribution in [3.05, 3.63) is 77.9 Å². The Morgan fingerprint density at radius 1 is 0.623 bits per heavy atom. The van der Waals surface area contributed by atoms with E-state index in [9.17, 15) is 22.8 Å². The van der Waals surface area contributed by atoms with Crippen LogP contribution in [0.1, 0.15) is 101 Å². The van der Waals surface area contributed by atoms with Crippen LogP contribution in [-0.2, 0) is 40.1 Å².